The highest BCUT2D eigenvalue weighted by atomic mass is 16.5. The summed E-state index contributed by atoms with van der Waals surface area (Å²) in [5, 5.41) is 12.8. The lowest BCUT2D eigenvalue weighted by molar-refractivity contribution is 0.102. The molecule has 2 aliphatic rings. The zero-order valence-electron chi connectivity index (χ0n) is 7.38. The molecule has 3 heteroatoms. The third kappa shape index (κ3) is 1.26. The van der Waals surface area contributed by atoms with Gasteiger partial charge in [-0.15, -0.1) is 0 Å². The van der Waals surface area contributed by atoms with E-state index < -0.39 is 0 Å². The van der Waals surface area contributed by atoms with E-state index in [1.807, 2.05) is 0 Å². The van der Waals surface area contributed by atoms with Gasteiger partial charge in [-0.2, -0.15) is 0 Å². The van der Waals surface area contributed by atoms with Crippen LogP contribution in [0.1, 0.15) is 19.3 Å². The molecule has 0 bridgehead atoms. The fourth-order valence-electron chi connectivity index (χ4n) is 2.41. The highest BCUT2D eigenvalue weighted by Gasteiger charge is 2.42. The first-order valence-corrected chi connectivity index (χ1v) is 4.81. The van der Waals surface area contributed by atoms with Crippen molar-refractivity contribution in [2.24, 2.45) is 5.92 Å². The van der Waals surface area contributed by atoms with Crippen molar-refractivity contribution in [3.8, 4) is 0 Å². The summed E-state index contributed by atoms with van der Waals surface area (Å²) in [6, 6.07) is 0. The minimum Gasteiger partial charge on any atom is -0.394 e. The van der Waals surface area contributed by atoms with E-state index in [4.69, 9.17) is 4.74 Å². The summed E-state index contributed by atoms with van der Waals surface area (Å²) in [6.45, 7) is 3.01. The Bertz CT molecular complexity index is 149. The maximum absolute atomic E-state index is 9.36. The van der Waals surface area contributed by atoms with E-state index in [9.17, 15) is 5.11 Å². The molecule has 0 aliphatic carbocycles. The molecule has 0 saturated carbocycles. The summed E-state index contributed by atoms with van der Waals surface area (Å²) < 4.78 is 5.35. The van der Waals surface area contributed by atoms with Crippen LogP contribution in [0.5, 0.6) is 0 Å². The predicted molar refractivity (Wildman–Crippen MR) is 46.0 cm³/mol. The topological polar surface area (TPSA) is 41.5 Å². The molecule has 3 nitrogen and oxygen atoms in total. The van der Waals surface area contributed by atoms with Crippen LogP contribution in [0.15, 0.2) is 0 Å². The first kappa shape index (κ1) is 8.48. The molecular weight excluding hydrogens is 154 g/mol. The Kier molecular flexibility index (Phi) is 2.35. The number of nitrogens with one attached hydrogen (secondary N) is 1. The molecule has 0 amide bonds. The van der Waals surface area contributed by atoms with Crippen LogP contribution >= 0.6 is 0 Å². The molecule has 0 aromatic rings. The predicted octanol–water partition coefficient (Wildman–Crippen LogP) is 0.137. The van der Waals surface area contributed by atoms with Crippen LogP contribution in [0, 0.1) is 5.92 Å². The van der Waals surface area contributed by atoms with Crippen LogP contribution in [0.3, 0.4) is 0 Å². The monoisotopic (exact) mass is 171 g/mol. The minimum atomic E-state index is -0.00347. The first-order chi connectivity index (χ1) is 5.87. The molecule has 0 aromatic heterocycles. The van der Waals surface area contributed by atoms with Crippen molar-refractivity contribution in [1.82, 2.24) is 5.32 Å². The maximum atomic E-state index is 9.36. The van der Waals surface area contributed by atoms with Gasteiger partial charge in [0.15, 0.2) is 0 Å². The number of hydrogen-bond donors (Lipinski definition) is 2. The quantitative estimate of drug-likeness (QED) is 0.621. The molecule has 0 radical (unpaired) electrons. The molecule has 12 heavy (non-hydrogen) atoms. The summed E-state index contributed by atoms with van der Waals surface area (Å²) in [7, 11) is 0. The lowest BCUT2D eigenvalue weighted by Crippen LogP contribution is -2.50. The molecule has 2 aliphatic heterocycles. The molecule has 2 fully saturated rings. The summed E-state index contributed by atoms with van der Waals surface area (Å²) in [5.74, 6) is 0.532. The Morgan fingerprint density at radius 1 is 1.58 bits per heavy atom. The summed E-state index contributed by atoms with van der Waals surface area (Å²) in [6.07, 6.45) is 3.40. The average Bonchev–Trinajstić information content (AvgIpc) is 2.76. The van der Waals surface area contributed by atoms with Crippen molar-refractivity contribution in [1.29, 1.82) is 0 Å². The number of hydrogen-bond acceptors (Lipinski definition) is 3. The van der Waals surface area contributed by atoms with Crippen molar-refractivity contribution in [2.75, 3.05) is 26.4 Å². The molecule has 2 N–H and O–H groups in total. The van der Waals surface area contributed by atoms with E-state index in [2.05, 4.69) is 5.32 Å². The molecule has 0 spiro atoms. The van der Waals surface area contributed by atoms with Crippen LogP contribution in [0.4, 0.5) is 0 Å². The highest BCUT2D eigenvalue weighted by Crippen LogP contribution is 2.32. The van der Waals surface area contributed by atoms with Gasteiger partial charge in [0.1, 0.15) is 0 Å². The van der Waals surface area contributed by atoms with E-state index in [1.165, 1.54) is 6.42 Å². The van der Waals surface area contributed by atoms with Crippen molar-refractivity contribution in [3.63, 3.8) is 0 Å². The Labute approximate surface area is 73.1 Å². The number of ether oxygens (including phenoxy) is 1. The number of aliphatic hydroxyl groups excluding tert-OH is 1. The minimum absolute atomic E-state index is 0.00347. The van der Waals surface area contributed by atoms with E-state index >= 15 is 0 Å². The summed E-state index contributed by atoms with van der Waals surface area (Å²) in [4.78, 5) is 0. The van der Waals surface area contributed by atoms with Crippen LogP contribution in [-0.4, -0.2) is 37.0 Å². The van der Waals surface area contributed by atoms with Crippen molar-refractivity contribution >= 4 is 0 Å². The highest BCUT2D eigenvalue weighted by molar-refractivity contribution is 4.99. The van der Waals surface area contributed by atoms with Crippen LogP contribution in [0.2, 0.25) is 0 Å². The van der Waals surface area contributed by atoms with Crippen molar-refractivity contribution in [3.05, 3.63) is 0 Å². The Morgan fingerprint density at radius 2 is 2.50 bits per heavy atom. The van der Waals surface area contributed by atoms with Gasteiger partial charge >= 0.3 is 0 Å². The van der Waals surface area contributed by atoms with Gasteiger partial charge in [-0.25, -0.2) is 0 Å². The van der Waals surface area contributed by atoms with Crippen LogP contribution in [0.25, 0.3) is 0 Å². The van der Waals surface area contributed by atoms with Gasteiger partial charge in [0.25, 0.3) is 0 Å². The molecule has 2 saturated heterocycles. The van der Waals surface area contributed by atoms with Gasteiger partial charge in [-0.3, -0.25) is 0 Å². The first-order valence-electron chi connectivity index (χ1n) is 4.81. The van der Waals surface area contributed by atoms with Crippen LogP contribution in [-0.2, 0) is 4.74 Å². The average molecular weight is 171 g/mol. The third-order valence-corrected chi connectivity index (χ3v) is 3.27. The zero-order valence-corrected chi connectivity index (χ0v) is 7.38. The Morgan fingerprint density at radius 3 is 3.00 bits per heavy atom. The van der Waals surface area contributed by atoms with Gasteiger partial charge in [0.2, 0.25) is 0 Å². The molecular formula is C9H17NO2. The second-order valence-electron chi connectivity index (χ2n) is 3.91. The van der Waals surface area contributed by atoms with E-state index in [0.29, 0.717) is 5.92 Å². The summed E-state index contributed by atoms with van der Waals surface area (Å²) >= 11 is 0. The maximum Gasteiger partial charge on any atom is 0.0616 e. The van der Waals surface area contributed by atoms with Gasteiger partial charge in [-0.05, 0) is 25.8 Å². The normalized spacial score (nSPS) is 42.2. The lowest BCUT2D eigenvalue weighted by atomic mass is 9.83. The van der Waals surface area contributed by atoms with E-state index in [-0.39, 0.29) is 12.1 Å². The van der Waals surface area contributed by atoms with Crippen molar-refractivity contribution in [2.45, 2.75) is 24.8 Å². The zero-order chi connectivity index (χ0) is 8.44. The van der Waals surface area contributed by atoms with Gasteiger partial charge in [0.05, 0.1) is 13.2 Å². The van der Waals surface area contributed by atoms with Crippen molar-refractivity contribution < 1.29 is 9.84 Å². The molecule has 70 valence electrons. The van der Waals surface area contributed by atoms with Gasteiger partial charge in [0, 0.05) is 18.1 Å². The molecule has 2 rings (SSSR count). The SMILES string of the molecule is OCC1(C2CCOC2)CCCN1. The second kappa shape index (κ2) is 3.32. The summed E-state index contributed by atoms with van der Waals surface area (Å²) in [5.41, 5.74) is -0.00347. The van der Waals surface area contributed by atoms with Crippen LogP contribution < -0.4 is 5.32 Å². The largest absolute Gasteiger partial charge is 0.394 e. The van der Waals surface area contributed by atoms with E-state index in [0.717, 1.165) is 32.6 Å². The van der Waals surface area contributed by atoms with Gasteiger partial charge < -0.3 is 15.2 Å². The number of aliphatic hydroxyl groups is 1. The molecule has 0 aromatic carbocycles. The lowest BCUT2D eigenvalue weighted by Gasteiger charge is -2.32. The second-order valence-corrected chi connectivity index (χ2v) is 3.91. The van der Waals surface area contributed by atoms with Gasteiger partial charge in [-0.1, -0.05) is 0 Å². The molecule has 2 unspecified atom stereocenters. The van der Waals surface area contributed by atoms with E-state index in [1.54, 1.807) is 0 Å². The standard InChI is InChI=1S/C9H17NO2/c11-7-9(3-1-4-10-9)8-2-5-12-6-8/h8,10-11H,1-7H2. The number of rotatable bonds is 2. The fourth-order valence-corrected chi connectivity index (χ4v) is 2.41. The Hall–Kier alpha value is -0.120. The molecule has 2 atom stereocenters. The third-order valence-electron chi connectivity index (χ3n) is 3.27. The smallest absolute Gasteiger partial charge is 0.0616 e. The Balaban J connectivity index is 2.04. The fraction of sp³-hybridized carbons (Fsp3) is 1.00. The molecule has 2 heterocycles.